The van der Waals surface area contributed by atoms with Crippen LogP contribution in [-0.2, 0) is 81.5 Å². The minimum atomic E-state index is -2.00. The molecule has 0 unspecified atom stereocenters. The Bertz CT molecular complexity index is 2700. The van der Waals surface area contributed by atoms with Crippen LogP contribution in [0.3, 0.4) is 0 Å². The van der Waals surface area contributed by atoms with Crippen molar-refractivity contribution in [3.8, 4) is 0 Å². The summed E-state index contributed by atoms with van der Waals surface area (Å²) in [6, 6.07) is -15.1. The zero-order valence-electron chi connectivity index (χ0n) is 50.6. The molecule has 0 aromatic carbocycles. The normalized spacial score (nSPS) is 15.5. The van der Waals surface area contributed by atoms with E-state index in [1.54, 1.807) is 27.7 Å². The number of carbonyl (C=O) groups excluding carboxylic acids is 14. The molecule has 1 aliphatic rings. The van der Waals surface area contributed by atoms with Gasteiger partial charge in [-0.1, -0.05) is 27.7 Å². The molecule has 0 aliphatic carbocycles. The van der Waals surface area contributed by atoms with Crippen molar-refractivity contribution in [3.05, 3.63) is 0 Å². The summed E-state index contributed by atoms with van der Waals surface area (Å²) in [6.45, 7) is 3.34. The molecule has 1 aliphatic heterocycles. The zero-order valence-corrected chi connectivity index (χ0v) is 51.5. The molecular formula is C51H84N18O21S. The highest BCUT2D eigenvalue weighted by atomic mass is 32.1. The third-order valence-corrected chi connectivity index (χ3v) is 13.5. The summed E-state index contributed by atoms with van der Waals surface area (Å²) < 4.78 is 0. The number of aliphatic hydroxyl groups excluding tert-OH is 1. The van der Waals surface area contributed by atoms with E-state index in [9.17, 15) is 102 Å². The molecule has 1 fully saturated rings. The van der Waals surface area contributed by atoms with Gasteiger partial charge < -0.3 is 112 Å². The molecule has 10 atom stereocenters. The number of nitrogens with zero attached hydrogens (tertiary/aromatic N) is 2. The van der Waals surface area contributed by atoms with Gasteiger partial charge in [0.15, 0.2) is 5.96 Å². The van der Waals surface area contributed by atoms with Gasteiger partial charge >= 0.3 is 17.9 Å². The van der Waals surface area contributed by atoms with E-state index in [2.05, 4.69) is 70.8 Å². The summed E-state index contributed by atoms with van der Waals surface area (Å²) in [6.07, 6.45) is -2.20. The number of aliphatic imine (C=N–C) groups is 1. The number of carboxylic acids is 3. The Morgan fingerprint density at radius 2 is 1.03 bits per heavy atom. The number of carbonyl (C=O) groups is 17. The highest BCUT2D eigenvalue weighted by Gasteiger charge is 2.38. The maximum Gasteiger partial charge on any atom is 0.326 e. The van der Waals surface area contributed by atoms with Crippen LogP contribution in [-0.4, -0.2) is 244 Å². The first-order valence-corrected chi connectivity index (χ1v) is 28.9. The number of aliphatic hydroxyl groups is 1. The van der Waals surface area contributed by atoms with Crippen LogP contribution in [0.2, 0.25) is 0 Å². The number of amides is 14. The molecule has 0 spiro atoms. The van der Waals surface area contributed by atoms with Crippen molar-refractivity contribution >= 4 is 119 Å². The average molecular weight is 1320 g/mol. The maximum atomic E-state index is 13.4. The monoisotopic (exact) mass is 1320 g/mol. The van der Waals surface area contributed by atoms with Crippen molar-refractivity contribution < 1.29 is 102 Å². The number of likely N-dealkylation sites (tertiary alicyclic amines) is 1. The SMILES string of the molecule is CC(C)[C@H](NC(=O)[C@@H](NC(=O)[C@@H]1CCCN1C(=O)CNC(=O)CNC(=O)[C@H](CO)NC(=O)[C@H](CC(=O)O)NC(=O)CNC(=O)[C@H](CCC(N)=O)NC(=O)[C@H](CS)NC(=O)[C@H](C)NC(=O)[C@H](CC(=O)O)NC(=O)CNC(=O)[C@@H](N)CCCN=C(N)N)C(C)C)C(=O)O. The van der Waals surface area contributed by atoms with Crippen molar-refractivity contribution in [2.45, 2.75) is 146 Å². The van der Waals surface area contributed by atoms with Crippen LogP contribution in [0.25, 0.3) is 0 Å². The highest BCUT2D eigenvalue weighted by Crippen LogP contribution is 2.19. The van der Waals surface area contributed by atoms with Crippen molar-refractivity contribution in [1.82, 2.24) is 68.7 Å². The summed E-state index contributed by atoms with van der Waals surface area (Å²) in [5.74, 6) is -20.4. The first-order valence-electron chi connectivity index (χ1n) is 28.3. The minimum absolute atomic E-state index is 0.0914. The number of nitrogens with two attached hydrogens (primary N) is 4. The maximum absolute atomic E-state index is 13.4. The number of nitrogens with one attached hydrogen (secondary N) is 12. The number of primary amides is 1. The van der Waals surface area contributed by atoms with E-state index in [0.29, 0.717) is 12.8 Å². The van der Waals surface area contributed by atoms with E-state index in [1.165, 1.54) is 0 Å². The van der Waals surface area contributed by atoms with Crippen molar-refractivity contribution in [2.75, 3.05) is 51.6 Å². The van der Waals surface area contributed by atoms with E-state index in [4.69, 9.17) is 22.9 Å². The van der Waals surface area contributed by atoms with Gasteiger partial charge in [0, 0.05) is 25.3 Å². The first kappa shape index (κ1) is 79.5. The summed E-state index contributed by atoms with van der Waals surface area (Å²) in [5.41, 5.74) is 21.5. The smallest absolute Gasteiger partial charge is 0.326 e. The van der Waals surface area contributed by atoms with Gasteiger partial charge in [-0.3, -0.25) is 81.7 Å². The number of hydrogen-bond acceptors (Lipinski definition) is 21. The first-order chi connectivity index (χ1) is 42.5. The Balaban J connectivity index is 2.92. The van der Waals surface area contributed by atoms with E-state index < -0.39 is 237 Å². The number of aliphatic carboxylic acids is 3. The van der Waals surface area contributed by atoms with E-state index in [0.717, 1.165) is 11.8 Å². The van der Waals surface area contributed by atoms with Gasteiger partial charge in [-0.05, 0) is 50.9 Å². The number of hydrogen-bond donors (Lipinski definition) is 21. The lowest BCUT2D eigenvalue weighted by atomic mass is 10.00. The summed E-state index contributed by atoms with van der Waals surface area (Å²) in [7, 11) is 0. The number of rotatable bonds is 41. The molecule has 40 heteroatoms. The fourth-order valence-corrected chi connectivity index (χ4v) is 8.43. The van der Waals surface area contributed by atoms with Crippen molar-refractivity contribution in [3.63, 3.8) is 0 Å². The molecule has 1 saturated heterocycles. The van der Waals surface area contributed by atoms with Gasteiger partial charge in [0.25, 0.3) is 0 Å². The molecule has 1 heterocycles. The second-order valence-electron chi connectivity index (χ2n) is 21.2. The Hall–Kier alpha value is -9.47. The second kappa shape index (κ2) is 40.2. The van der Waals surface area contributed by atoms with Crippen LogP contribution in [0.4, 0.5) is 0 Å². The quantitative estimate of drug-likeness (QED) is 0.0117. The lowest BCUT2D eigenvalue weighted by Crippen LogP contribution is -2.59. The van der Waals surface area contributed by atoms with Crippen LogP contribution in [0, 0.1) is 11.8 Å². The number of guanidine groups is 1. The van der Waals surface area contributed by atoms with Crippen LogP contribution < -0.4 is 86.7 Å². The van der Waals surface area contributed by atoms with E-state index >= 15 is 0 Å². The molecule has 91 heavy (non-hydrogen) atoms. The topological polar surface area (TPSA) is 635 Å². The zero-order chi connectivity index (χ0) is 69.4. The lowest BCUT2D eigenvalue weighted by Gasteiger charge is -2.29. The molecule has 0 aromatic heterocycles. The predicted molar refractivity (Wildman–Crippen MR) is 317 cm³/mol. The molecule has 0 radical (unpaired) electrons. The summed E-state index contributed by atoms with van der Waals surface area (Å²) in [4.78, 5) is 221. The molecule has 24 N–H and O–H groups in total. The Kier molecular flexibility index (Phi) is 35.2. The fourth-order valence-electron chi connectivity index (χ4n) is 8.17. The van der Waals surface area contributed by atoms with Gasteiger partial charge in [-0.15, -0.1) is 0 Å². The van der Waals surface area contributed by atoms with E-state index in [1.807, 2.05) is 10.6 Å². The Labute approximate surface area is 526 Å². The van der Waals surface area contributed by atoms with Gasteiger partial charge in [0.1, 0.15) is 54.4 Å². The molecule has 0 aromatic rings. The van der Waals surface area contributed by atoms with Crippen LogP contribution in [0.15, 0.2) is 4.99 Å². The number of thiol groups is 1. The molecule has 39 nitrogen and oxygen atoms in total. The second-order valence-corrected chi connectivity index (χ2v) is 21.6. The molecule has 14 amide bonds. The van der Waals surface area contributed by atoms with Gasteiger partial charge in [-0.2, -0.15) is 12.6 Å². The average Bonchev–Trinajstić information content (AvgIpc) is 1.96. The Morgan fingerprint density at radius 3 is 1.53 bits per heavy atom. The fraction of sp³-hybridized carbons (Fsp3) is 0.647. The molecule has 1 rings (SSSR count). The summed E-state index contributed by atoms with van der Waals surface area (Å²) in [5, 5.41) is 64.8. The van der Waals surface area contributed by atoms with E-state index in [-0.39, 0.29) is 31.9 Å². The predicted octanol–water partition coefficient (Wildman–Crippen LogP) is -10.7. The van der Waals surface area contributed by atoms with Gasteiger partial charge in [0.2, 0.25) is 82.7 Å². The van der Waals surface area contributed by atoms with Gasteiger partial charge in [-0.25, -0.2) is 4.79 Å². The van der Waals surface area contributed by atoms with Crippen LogP contribution >= 0.6 is 12.6 Å². The summed E-state index contributed by atoms with van der Waals surface area (Å²) >= 11 is 4.05. The number of carboxylic acid groups (broad SMARTS) is 3. The van der Waals surface area contributed by atoms with Crippen molar-refractivity contribution in [1.29, 1.82) is 0 Å². The standard InChI is InChI=1S/C51H84N18O21S/c1-22(2)39(49(88)68-40(23(3)4)50(89)90)67-48(87)31-9-7-13-69(31)36(75)19-57-33(72)16-59-44(83)29(20-70)65-46(85)28(15-38(78)79)63-35(74)18-60-43(82)26(10-11-32(53)71)64-47(86)30(21-91)66-41(80)24(5)61-45(84)27(14-37(76)77)62-34(73)17-58-42(81)25(52)8-6-12-56-51(54)55/h22-31,39-40,70,91H,6-21,52H2,1-5H3,(H2,53,71)(H,57,72)(H,58,81)(H,59,83)(H,60,82)(H,61,84)(H,62,73)(H,63,74)(H,64,86)(H,65,85)(H,66,80)(H,67,87)(H,68,88)(H,76,77)(H,78,79)(H,89,90)(H4,54,55,56)/t24-,25-,26-,27-,28-,29-,30-,31-,39-,40-/m0/s1. The lowest BCUT2D eigenvalue weighted by molar-refractivity contribution is -0.144. The highest BCUT2D eigenvalue weighted by molar-refractivity contribution is 7.80. The largest absolute Gasteiger partial charge is 0.481 e. The van der Waals surface area contributed by atoms with Crippen LogP contribution in [0.5, 0.6) is 0 Å². The molecule has 0 bridgehead atoms. The Morgan fingerprint density at radius 1 is 0.538 bits per heavy atom. The molecule has 510 valence electrons. The molecular weight excluding hydrogens is 1230 g/mol. The third-order valence-electron chi connectivity index (χ3n) is 13.1. The molecule has 0 saturated carbocycles. The minimum Gasteiger partial charge on any atom is -0.481 e. The van der Waals surface area contributed by atoms with Gasteiger partial charge in [0.05, 0.1) is 51.7 Å². The van der Waals surface area contributed by atoms with Crippen molar-refractivity contribution in [2.24, 2.45) is 39.8 Å². The van der Waals surface area contributed by atoms with Crippen LogP contribution in [0.1, 0.15) is 86.0 Å². The third kappa shape index (κ3) is 30.1.